The van der Waals surface area contributed by atoms with Crippen LogP contribution in [-0.4, -0.2) is 30.4 Å². The molecule has 0 heterocycles. The first-order valence-corrected chi connectivity index (χ1v) is 7.31. The number of carbonyl (C=O) groups is 1. The second-order valence-corrected chi connectivity index (χ2v) is 6.54. The molecular formula is C17H29ClN2O. The quantitative estimate of drug-likeness (QED) is 0.908. The molecule has 0 saturated carbocycles. The van der Waals surface area contributed by atoms with Crippen molar-refractivity contribution in [3.63, 3.8) is 0 Å². The summed E-state index contributed by atoms with van der Waals surface area (Å²) in [5.41, 5.74) is 8.28. The topological polar surface area (TPSA) is 46.3 Å². The Morgan fingerprint density at radius 2 is 1.76 bits per heavy atom. The molecule has 0 saturated heterocycles. The van der Waals surface area contributed by atoms with Crippen LogP contribution in [0.5, 0.6) is 0 Å². The van der Waals surface area contributed by atoms with Gasteiger partial charge in [-0.1, -0.05) is 45.0 Å². The Balaban J connectivity index is 0.00000400. The van der Waals surface area contributed by atoms with Crippen molar-refractivity contribution in [3.05, 3.63) is 35.4 Å². The molecule has 0 spiro atoms. The Morgan fingerprint density at radius 1 is 1.24 bits per heavy atom. The van der Waals surface area contributed by atoms with Crippen LogP contribution < -0.4 is 5.73 Å². The molecule has 4 heteroatoms. The molecule has 1 rings (SSSR count). The minimum atomic E-state index is 0. The fourth-order valence-corrected chi connectivity index (χ4v) is 2.00. The molecule has 1 atom stereocenters. The van der Waals surface area contributed by atoms with Gasteiger partial charge in [0, 0.05) is 26.1 Å². The minimum Gasteiger partial charge on any atom is -0.342 e. The van der Waals surface area contributed by atoms with Gasteiger partial charge in [0.25, 0.3) is 0 Å². The van der Waals surface area contributed by atoms with Gasteiger partial charge in [0.1, 0.15) is 0 Å². The predicted octanol–water partition coefficient (Wildman–Crippen LogP) is 3.14. The van der Waals surface area contributed by atoms with Crippen molar-refractivity contribution in [2.45, 2.75) is 52.0 Å². The van der Waals surface area contributed by atoms with E-state index >= 15 is 0 Å². The maximum absolute atomic E-state index is 12.0. The van der Waals surface area contributed by atoms with E-state index in [2.05, 4.69) is 45.0 Å². The Kier molecular flexibility index (Phi) is 7.98. The average molecular weight is 313 g/mol. The maximum Gasteiger partial charge on any atom is 0.222 e. The van der Waals surface area contributed by atoms with Crippen LogP contribution in [0.4, 0.5) is 0 Å². The molecule has 1 unspecified atom stereocenters. The zero-order valence-electron chi connectivity index (χ0n) is 13.8. The molecule has 21 heavy (non-hydrogen) atoms. The van der Waals surface area contributed by atoms with Gasteiger partial charge in [-0.05, 0) is 29.9 Å². The number of carbonyl (C=O) groups excluding carboxylic acids is 1. The zero-order valence-corrected chi connectivity index (χ0v) is 14.7. The lowest BCUT2D eigenvalue weighted by Gasteiger charge is -2.23. The van der Waals surface area contributed by atoms with E-state index < -0.39 is 0 Å². The highest BCUT2D eigenvalue weighted by atomic mass is 35.5. The largest absolute Gasteiger partial charge is 0.342 e. The van der Waals surface area contributed by atoms with Crippen LogP contribution in [0.2, 0.25) is 0 Å². The molecule has 0 aliphatic heterocycles. The van der Waals surface area contributed by atoms with Gasteiger partial charge in [-0.15, -0.1) is 12.4 Å². The number of halogens is 1. The number of hydrogen-bond acceptors (Lipinski definition) is 2. The fraction of sp³-hybridized carbons (Fsp3) is 0.588. The van der Waals surface area contributed by atoms with Gasteiger partial charge < -0.3 is 10.6 Å². The Bertz CT molecular complexity index is 437. The smallest absolute Gasteiger partial charge is 0.222 e. The van der Waals surface area contributed by atoms with Gasteiger partial charge in [0.2, 0.25) is 5.91 Å². The summed E-state index contributed by atoms with van der Waals surface area (Å²) < 4.78 is 0. The van der Waals surface area contributed by atoms with E-state index in [0.29, 0.717) is 13.0 Å². The molecule has 2 N–H and O–H groups in total. The van der Waals surface area contributed by atoms with Crippen LogP contribution >= 0.6 is 12.4 Å². The van der Waals surface area contributed by atoms with Crippen LogP contribution in [-0.2, 0) is 16.6 Å². The van der Waals surface area contributed by atoms with E-state index in [9.17, 15) is 4.79 Å². The van der Waals surface area contributed by atoms with Gasteiger partial charge in [-0.2, -0.15) is 0 Å². The summed E-state index contributed by atoms with van der Waals surface area (Å²) in [5, 5.41) is 0. The third kappa shape index (κ3) is 6.06. The summed E-state index contributed by atoms with van der Waals surface area (Å²) in [6.45, 7) is 9.08. The van der Waals surface area contributed by atoms with E-state index in [1.54, 1.807) is 4.90 Å². The number of nitrogens with zero attached hydrogens (tertiary/aromatic N) is 1. The number of nitrogens with two attached hydrogens (primary N) is 1. The summed E-state index contributed by atoms with van der Waals surface area (Å²) in [5.74, 6) is 0.155. The summed E-state index contributed by atoms with van der Waals surface area (Å²) in [6.07, 6.45) is 1.32. The summed E-state index contributed by atoms with van der Waals surface area (Å²) in [6, 6.07) is 8.67. The molecule has 1 amide bonds. The van der Waals surface area contributed by atoms with E-state index in [1.165, 1.54) is 11.1 Å². The van der Waals surface area contributed by atoms with Crippen molar-refractivity contribution in [1.82, 2.24) is 4.90 Å². The highest BCUT2D eigenvalue weighted by molar-refractivity contribution is 5.85. The van der Waals surface area contributed by atoms with Crippen LogP contribution in [0, 0.1) is 0 Å². The van der Waals surface area contributed by atoms with Gasteiger partial charge in [0.15, 0.2) is 0 Å². The third-order valence-electron chi connectivity index (χ3n) is 3.84. The molecule has 0 bridgehead atoms. The number of amides is 1. The van der Waals surface area contributed by atoms with Crippen LogP contribution in [0.3, 0.4) is 0 Å². The standard InChI is InChI=1S/C17H28N2O.ClH/c1-13(12-18)19(5)16(20)11-8-14-6-9-15(10-7-14)17(2,3)4;/h6-7,9-10,13H,8,11-12,18H2,1-5H3;1H. The van der Waals surface area contributed by atoms with Gasteiger partial charge in [0.05, 0.1) is 0 Å². The van der Waals surface area contributed by atoms with E-state index in [0.717, 1.165) is 6.42 Å². The molecule has 120 valence electrons. The SMILES string of the molecule is CC(CN)N(C)C(=O)CCc1ccc(C(C)(C)C)cc1.Cl. The highest BCUT2D eigenvalue weighted by Gasteiger charge is 2.15. The monoisotopic (exact) mass is 312 g/mol. The molecular weight excluding hydrogens is 284 g/mol. The lowest BCUT2D eigenvalue weighted by molar-refractivity contribution is -0.131. The van der Waals surface area contributed by atoms with Crippen LogP contribution in [0.1, 0.15) is 45.2 Å². The predicted molar refractivity (Wildman–Crippen MR) is 92.0 cm³/mol. The van der Waals surface area contributed by atoms with E-state index in [4.69, 9.17) is 5.73 Å². The second-order valence-electron chi connectivity index (χ2n) is 6.54. The summed E-state index contributed by atoms with van der Waals surface area (Å²) >= 11 is 0. The first kappa shape index (κ1) is 19.9. The highest BCUT2D eigenvalue weighted by Crippen LogP contribution is 2.22. The number of likely N-dealkylation sites (N-methyl/N-ethyl adjacent to an activating group) is 1. The molecule has 0 fully saturated rings. The first-order valence-electron chi connectivity index (χ1n) is 7.31. The minimum absolute atomic E-state index is 0. The Hall–Kier alpha value is -1.06. The molecule has 3 nitrogen and oxygen atoms in total. The number of rotatable bonds is 5. The molecule has 0 aromatic heterocycles. The zero-order chi connectivity index (χ0) is 15.3. The van der Waals surface area contributed by atoms with Crippen molar-refractivity contribution in [2.24, 2.45) is 5.73 Å². The van der Waals surface area contributed by atoms with Gasteiger partial charge in [-0.3, -0.25) is 4.79 Å². The van der Waals surface area contributed by atoms with Crippen LogP contribution in [0.25, 0.3) is 0 Å². The fourth-order valence-electron chi connectivity index (χ4n) is 2.00. The molecule has 0 aliphatic carbocycles. The lowest BCUT2D eigenvalue weighted by Crippen LogP contribution is -2.39. The number of benzene rings is 1. The first-order chi connectivity index (χ1) is 9.25. The number of hydrogen-bond donors (Lipinski definition) is 1. The van der Waals surface area contributed by atoms with E-state index in [1.807, 2.05) is 14.0 Å². The van der Waals surface area contributed by atoms with Crippen molar-refractivity contribution in [3.8, 4) is 0 Å². The second kappa shape index (κ2) is 8.40. The Labute approximate surface area is 135 Å². The molecule has 1 aromatic carbocycles. The number of aryl methyl sites for hydroxylation is 1. The van der Waals surface area contributed by atoms with Crippen LogP contribution in [0.15, 0.2) is 24.3 Å². The van der Waals surface area contributed by atoms with Gasteiger partial charge in [-0.25, -0.2) is 0 Å². The average Bonchev–Trinajstić information content (AvgIpc) is 2.42. The van der Waals surface area contributed by atoms with E-state index in [-0.39, 0.29) is 29.8 Å². The normalized spacial score (nSPS) is 12.5. The summed E-state index contributed by atoms with van der Waals surface area (Å²) in [7, 11) is 1.82. The third-order valence-corrected chi connectivity index (χ3v) is 3.84. The maximum atomic E-state index is 12.0. The van der Waals surface area contributed by atoms with Crippen molar-refractivity contribution in [2.75, 3.05) is 13.6 Å². The van der Waals surface area contributed by atoms with Crippen molar-refractivity contribution in [1.29, 1.82) is 0 Å². The molecule has 0 aliphatic rings. The summed E-state index contributed by atoms with van der Waals surface area (Å²) in [4.78, 5) is 13.8. The Morgan fingerprint density at radius 3 is 2.19 bits per heavy atom. The molecule has 0 radical (unpaired) electrons. The molecule has 1 aromatic rings. The van der Waals surface area contributed by atoms with Crippen molar-refractivity contribution < 1.29 is 4.79 Å². The van der Waals surface area contributed by atoms with Gasteiger partial charge >= 0.3 is 0 Å². The van der Waals surface area contributed by atoms with Crippen molar-refractivity contribution >= 4 is 18.3 Å². The lowest BCUT2D eigenvalue weighted by atomic mass is 9.86.